The number of aromatic nitrogens is 2. The molecule has 0 bridgehead atoms. The van der Waals surface area contributed by atoms with Crippen LogP contribution in [-0.2, 0) is 0 Å². The number of hydrogen-bond donors (Lipinski definition) is 2. The summed E-state index contributed by atoms with van der Waals surface area (Å²) in [5, 5.41) is 0. The molecule has 0 radical (unpaired) electrons. The largest absolute Gasteiger partial charge is 0.353 e. The minimum absolute atomic E-state index is 0.621. The van der Waals surface area contributed by atoms with Crippen molar-refractivity contribution in [1.29, 1.82) is 0 Å². The van der Waals surface area contributed by atoms with E-state index < -0.39 is 0 Å². The lowest BCUT2D eigenvalue weighted by Gasteiger charge is -2.35. The first kappa shape index (κ1) is 13.5. The Kier molecular flexibility index (Phi) is 4.73. The third kappa shape index (κ3) is 2.90. The molecule has 1 aliphatic rings. The summed E-state index contributed by atoms with van der Waals surface area (Å²) < 4.78 is 0.830. The monoisotopic (exact) mass is 314 g/mol. The van der Waals surface area contributed by atoms with E-state index in [4.69, 9.17) is 5.84 Å². The van der Waals surface area contributed by atoms with Gasteiger partial charge in [0.1, 0.15) is 16.6 Å². The molecule has 0 spiro atoms. The highest BCUT2D eigenvalue weighted by molar-refractivity contribution is 9.10. The summed E-state index contributed by atoms with van der Waals surface area (Å²) in [4.78, 5) is 13.1. The van der Waals surface area contributed by atoms with Gasteiger partial charge in [-0.2, -0.15) is 0 Å². The van der Waals surface area contributed by atoms with Crippen molar-refractivity contribution >= 4 is 27.6 Å². The summed E-state index contributed by atoms with van der Waals surface area (Å²) in [6.07, 6.45) is 2.74. The fourth-order valence-electron chi connectivity index (χ4n) is 2.18. The molecule has 0 saturated carbocycles. The van der Waals surface area contributed by atoms with Crippen LogP contribution in [0.2, 0.25) is 0 Å². The number of hydrazine groups is 1. The zero-order chi connectivity index (χ0) is 13.0. The van der Waals surface area contributed by atoms with Crippen LogP contribution < -0.4 is 16.2 Å². The minimum Gasteiger partial charge on any atom is -0.353 e. The Hall–Kier alpha value is -0.920. The van der Waals surface area contributed by atoms with Crippen LogP contribution in [-0.4, -0.2) is 47.6 Å². The Morgan fingerprint density at radius 1 is 1.33 bits per heavy atom. The number of nitrogens with one attached hydrogen (secondary N) is 1. The second-order valence-electron chi connectivity index (χ2n) is 4.33. The first-order valence-electron chi connectivity index (χ1n) is 6.20. The third-order valence-electron chi connectivity index (χ3n) is 3.12. The maximum Gasteiger partial charge on any atom is 0.159 e. The van der Waals surface area contributed by atoms with E-state index in [-0.39, 0.29) is 0 Å². The standard InChI is InChI=1S/C11H19BrN6/c1-2-3-17-4-6-18(7-5-17)11-9(12)10(16-13)14-8-15-11/h8H,2-7,13H2,1H3,(H,14,15,16). The van der Waals surface area contributed by atoms with Crippen molar-refractivity contribution in [2.45, 2.75) is 13.3 Å². The summed E-state index contributed by atoms with van der Waals surface area (Å²) in [6, 6.07) is 0. The predicted octanol–water partition coefficient (Wildman–Crippen LogP) is 1.06. The molecule has 1 aromatic heterocycles. The van der Waals surface area contributed by atoms with Crippen molar-refractivity contribution in [2.75, 3.05) is 43.0 Å². The average Bonchev–Trinajstić information content (AvgIpc) is 2.41. The molecule has 6 nitrogen and oxygen atoms in total. The molecule has 7 heteroatoms. The van der Waals surface area contributed by atoms with E-state index in [0.717, 1.165) is 36.5 Å². The van der Waals surface area contributed by atoms with Crippen molar-refractivity contribution in [3.63, 3.8) is 0 Å². The summed E-state index contributed by atoms with van der Waals surface area (Å²) in [7, 11) is 0. The first-order valence-corrected chi connectivity index (χ1v) is 7.00. The number of anilines is 2. The smallest absolute Gasteiger partial charge is 0.159 e. The molecule has 1 fully saturated rings. The van der Waals surface area contributed by atoms with Crippen LogP contribution in [0.1, 0.15) is 13.3 Å². The van der Waals surface area contributed by atoms with Crippen LogP contribution in [0.15, 0.2) is 10.8 Å². The van der Waals surface area contributed by atoms with E-state index >= 15 is 0 Å². The van der Waals surface area contributed by atoms with Crippen LogP contribution in [0.25, 0.3) is 0 Å². The van der Waals surface area contributed by atoms with E-state index in [2.05, 4.69) is 48.0 Å². The number of nitrogens with zero attached hydrogens (tertiary/aromatic N) is 4. The van der Waals surface area contributed by atoms with Crippen LogP contribution in [0.3, 0.4) is 0 Å². The summed E-state index contributed by atoms with van der Waals surface area (Å²) in [5.74, 6) is 6.95. The lowest BCUT2D eigenvalue weighted by molar-refractivity contribution is 0.258. The zero-order valence-corrected chi connectivity index (χ0v) is 12.2. The molecule has 1 saturated heterocycles. The number of hydrogen-bond acceptors (Lipinski definition) is 6. The molecule has 1 aliphatic heterocycles. The second-order valence-corrected chi connectivity index (χ2v) is 5.13. The van der Waals surface area contributed by atoms with E-state index in [1.165, 1.54) is 19.3 Å². The Bertz CT molecular complexity index is 391. The molecular weight excluding hydrogens is 296 g/mol. The van der Waals surface area contributed by atoms with Gasteiger partial charge in [0.05, 0.1) is 0 Å². The molecule has 0 aliphatic carbocycles. The number of piperazine rings is 1. The molecule has 2 heterocycles. The van der Waals surface area contributed by atoms with Gasteiger partial charge < -0.3 is 10.3 Å². The Balaban J connectivity index is 2.05. The van der Waals surface area contributed by atoms with E-state index in [1.807, 2.05) is 0 Å². The lowest BCUT2D eigenvalue weighted by Crippen LogP contribution is -2.47. The van der Waals surface area contributed by atoms with E-state index in [0.29, 0.717) is 5.82 Å². The van der Waals surface area contributed by atoms with Gasteiger partial charge in [-0.3, -0.25) is 4.90 Å². The molecule has 0 unspecified atom stereocenters. The highest BCUT2D eigenvalue weighted by Crippen LogP contribution is 2.29. The average molecular weight is 315 g/mol. The molecule has 2 rings (SSSR count). The molecule has 0 atom stereocenters. The van der Waals surface area contributed by atoms with Gasteiger partial charge in [0.15, 0.2) is 5.82 Å². The Morgan fingerprint density at radius 2 is 2.06 bits per heavy atom. The van der Waals surface area contributed by atoms with Crippen molar-refractivity contribution < 1.29 is 0 Å². The van der Waals surface area contributed by atoms with Gasteiger partial charge >= 0.3 is 0 Å². The fraction of sp³-hybridized carbons (Fsp3) is 0.636. The molecule has 18 heavy (non-hydrogen) atoms. The van der Waals surface area contributed by atoms with Gasteiger partial charge in [0.2, 0.25) is 0 Å². The van der Waals surface area contributed by atoms with Crippen molar-refractivity contribution in [3.05, 3.63) is 10.8 Å². The number of rotatable bonds is 4. The zero-order valence-electron chi connectivity index (χ0n) is 10.6. The topological polar surface area (TPSA) is 70.3 Å². The van der Waals surface area contributed by atoms with Crippen molar-refractivity contribution in [3.8, 4) is 0 Å². The lowest BCUT2D eigenvalue weighted by atomic mass is 10.3. The molecule has 0 amide bonds. The maximum absolute atomic E-state index is 5.41. The fourth-order valence-corrected chi connectivity index (χ4v) is 2.75. The van der Waals surface area contributed by atoms with Gasteiger partial charge in [-0.15, -0.1) is 0 Å². The number of nitrogen functional groups attached to an aromatic ring is 1. The summed E-state index contributed by atoms with van der Waals surface area (Å²) in [5.41, 5.74) is 2.57. The predicted molar refractivity (Wildman–Crippen MR) is 76.5 cm³/mol. The van der Waals surface area contributed by atoms with Crippen molar-refractivity contribution in [1.82, 2.24) is 14.9 Å². The van der Waals surface area contributed by atoms with Gasteiger partial charge in [-0.25, -0.2) is 15.8 Å². The number of nitrogens with two attached hydrogens (primary N) is 1. The quantitative estimate of drug-likeness (QED) is 0.639. The third-order valence-corrected chi connectivity index (χ3v) is 3.85. The Labute approximate surface area is 116 Å². The summed E-state index contributed by atoms with van der Waals surface area (Å²) in [6.45, 7) is 7.52. The van der Waals surface area contributed by atoms with Crippen LogP contribution in [0, 0.1) is 0 Å². The second kappa shape index (κ2) is 6.31. The van der Waals surface area contributed by atoms with Gasteiger partial charge in [0.25, 0.3) is 0 Å². The molecule has 0 aromatic carbocycles. The van der Waals surface area contributed by atoms with Crippen LogP contribution in [0.4, 0.5) is 11.6 Å². The van der Waals surface area contributed by atoms with Crippen molar-refractivity contribution in [2.24, 2.45) is 5.84 Å². The van der Waals surface area contributed by atoms with Crippen LogP contribution >= 0.6 is 15.9 Å². The molecular formula is C11H19BrN6. The molecule has 100 valence electrons. The minimum atomic E-state index is 0.621. The molecule has 1 aromatic rings. The number of halogens is 1. The normalized spacial score (nSPS) is 16.9. The van der Waals surface area contributed by atoms with Gasteiger partial charge in [-0.05, 0) is 28.9 Å². The van der Waals surface area contributed by atoms with Crippen LogP contribution in [0.5, 0.6) is 0 Å². The maximum atomic E-state index is 5.41. The van der Waals surface area contributed by atoms with E-state index in [1.54, 1.807) is 0 Å². The van der Waals surface area contributed by atoms with E-state index in [9.17, 15) is 0 Å². The van der Waals surface area contributed by atoms with Gasteiger partial charge in [0, 0.05) is 26.2 Å². The molecule has 3 N–H and O–H groups in total. The summed E-state index contributed by atoms with van der Waals surface area (Å²) >= 11 is 3.50. The Morgan fingerprint density at radius 3 is 2.67 bits per heavy atom. The SMILES string of the molecule is CCCN1CCN(c2ncnc(NN)c2Br)CC1. The highest BCUT2D eigenvalue weighted by Gasteiger charge is 2.20. The first-order chi connectivity index (χ1) is 8.76. The highest BCUT2D eigenvalue weighted by atomic mass is 79.9. The van der Waals surface area contributed by atoms with Gasteiger partial charge in [-0.1, -0.05) is 6.92 Å².